The fourth-order valence-corrected chi connectivity index (χ4v) is 4.31. The number of rotatable bonds is 5. The lowest BCUT2D eigenvalue weighted by molar-refractivity contribution is 0.601. The molecule has 1 N–H and O–H groups in total. The second-order valence-corrected chi connectivity index (χ2v) is 8.22. The molecule has 0 spiro atoms. The highest BCUT2D eigenvalue weighted by molar-refractivity contribution is 6.06. The first-order valence-corrected chi connectivity index (χ1v) is 10.4. The van der Waals surface area contributed by atoms with Gasteiger partial charge in [-0.2, -0.15) is 0 Å². The highest BCUT2D eigenvalue weighted by Crippen LogP contribution is 2.37. The highest BCUT2D eigenvalue weighted by atomic mass is 16.3. The molecule has 0 amide bonds. The molecule has 148 valence electrons. The molecule has 0 aromatic carbocycles. The summed E-state index contributed by atoms with van der Waals surface area (Å²) < 4.78 is 6.25. The third kappa shape index (κ3) is 3.33. The van der Waals surface area contributed by atoms with Crippen molar-refractivity contribution in [1.29, 1.82) is 0 Å². The Hall–Kier alpha value is -3.02. The molecular weight excluding hydrogens is 362 g/mol. The fraction of sp³-hybridized carbons (Fsp3) is 0.391. The van der Waals surface area contributed by atoms with Crippen LogP contribution in [0.4, 0.5) is 5.82 Å². The molecular formula is C23H25N5O. The van der Waals surface area contributed by atoms with E-state index in [1.165, 1.54) is 29.7 Å². The number of aromatic nitrogens is 4. The van der Waals surface area contributed by atoms with Gasteiger partial charge in [0.1, 0.15) is 11.8 Å². The molecule has 0 saturated carbocycles. The lowest BCUT2D eigenvalue weighted by atomic mass is 9.87. The number of hydrogen-bond acceptors (Lipinski definition) is 6. The van der Waals surface area contributed by atoms with Crippen molar-refractivity contribution in [2.75, 3.05) is 5.32 Å². The van der Waals surface area contributed by atoms with Crippen molar-refractivity contribution in [2.24, 2.45) is 5.92 Å². The number of furan rings is 1. The SMILES string of the molecule is CC(C)Cc1nc2oc3c(NCc4cccnc4)ncnc3c2c2c1CCCC2. The minimum atomic E-state index is 0.562. The van der Waals surface area contributed by atoms with Crippen molar-refractivity contribution in [3.63, 3.8) is 0 Å². The number of pyridine rings is 2. The molecule has 0 saturated heterocycles. The largest absolute Gasteiger partial charge is 0.432 e. The number of fused-ring (bicyclic) bond motifs is 5. The van der Waals surface area contributed by atoms with Crippen molar-refractivity contribution in [3.05, 3.63) is 53.2 Å². The third-order valence-corrected chi connectivity index (χ3v) is 5.59. The van der Waals surface area contributed by atoms with Crippen LogP contribution in [0.5, 0.6) is 0 Å². The predicted octanol–water partition coefficient (Wildman–Crippen LogP) is 4.86. The number of nitrogens with zero attached hydrogens (tertiary/aromatic N) is 4. The van der Waals surface area contributed by atoms with Gasteiger partial charge in [0.15, 0.2) is 11.4 Å². The van der Waals surface area contributed by atoms with Gasteiger partial charge < -0.3 is 9.73 Å². The van der Waals surface area contributed by atoms with E-state index in [0.29, 0.717) is 29.6 Å². The first-order valence-electron chi connectivity index (χ1n) is 10.4. The summed E-state index contributed by atoms with van der Waals surface area (Å²) >= 11 is 0. The molecule has 1 aliphatic carbocycles. The van der Waals surface area contributed by atoms with Gasteiger partial charge in [-0.3, -0.25) is 4.98 Å². The summed E-state index contributed by atoms with van der Waals surface area (Å²) in [6.07, 6.45) is 10.8. The van der Waals surface area contributed by atoms with E-state index in [0.717, 1.165) is 35.7 Å². The van der Waals surface area contributed by atoms with Crippen LogP contribution in [-0.4, -0.2) is 19.9 Å². The average Bonchev–Trinajstić information content (AvgIpc) is 3.12. The summed E-state index contributed by atoms with van der Waals surface area (Å²) in [6, 6.07) is 3.97. The summed E-state index contributed by atoms with van der Waals surface area (Å²) in [6.45, 7) is 5.11. The van der Waals surface area contributed by atoms with Gasteiger partial charge in [0, 0.05) is 24.6 Å². The number of aryl methyl sites for hydroxylation is 1. The van der Waals surface area contributed by atoms with Crippen LogP contribution in [0.25, 0.3) is 22.2 Å². The van der Waals surface area contributed by atoms with E-state index in [-0.39, 0.29) is 0 Å². The Bertz CT molecular complexity index is 1170. The van der Waals surface area contributed by atoms with Gasteiger partial charge in [0.2, 0.25) is 5.71 Å². The molecule has 4 heterocycles. The second kappa shape index (κ2) is 7.43. The predicted molar refractivity (Wildman–Crippen MR) is 114 cm³/mol. The van der Waals surface area contributed by atoms with E-state index in [1.54, 1.807) is 12.5 Å². The van der Waals surface area contributed by atoms with Crippen LogP contribution in [0.1, 0.15) is 49.1 Å². The van der Waals surface area contributed by atoms with Gasteiger partial charge in [-0.05, 0) is 60.8 Å². The summed E-state index contributed by atoms with van der Waals surface area (Å²) in [4.78, 5) is 18.1. The van der Waals surface area contributed by atoms with Crippen LogP contribution < -0.4 is 5.32 Å². The summed E-state index contributed by atoms with van der Waals surface area (Å²) in [5.74, 6) is 1.26. The molecule has 0 unspecified atom stereocenters. The molecule has 1 aliphatic rings. The smallest absolute Gasteiger partial charge is 0.229 e. The first kappa shape index (κ1) is 18.0. The molecule has 5 rings (SSSR count). The number of anilines is 1. The highest BCUT2D eigenvalue weighted by Gasteiger charge is 2.24. The van der Waals surface area contributed by atoms with Crippen molar-refractivity contribution in [2.45, 2.75) is 52.5 Å². The Balaban J connectivity index is 1.63. The number of hydrogen-bond donors (Lipinski definition) is 1. The Morgan fingerprint density at radius 1 is 1.14 bits per heavy atom. The average molecular weight is 387 g/mol. The van der Waals surface area contributed by atoms with Crippen molar-refractivity contribution >= 4 is 28.0 Å². The standard InChI is InChI=1S/C23H25N5O/c1-14(2)10-18-16-7-3-4-8-17(16)19-20-21(29-23(19)28-18)22(27-13-26-20)25-12-15-6-5-9-24-11-15/h5-6,9,11,13-14H,3-4,7-8,10,12H2,1-2H3,(H,25,26,27). The molecule has 0 aliphatic heterocycles. The zero-order valence-corrected chi connectivity index (χ0v) is 16.9. The lowest BCUT2D eigenvalue weighted by Crippen LogP contribution is -2.11. The van der Waals surface area contributed by atoms with Crippen LogP contribution in [0.3, 0.4) is 0 Å². The van der Waals surface area contributed by atoms with Gasteiger partial charge in [0.25, 0.3) is 0 Å². The Kier molecular flexibility index (Phi) is 4.62. The molecule has 0 bridgehead atoms. The summed E-state index contributed by atoms with van der Waals surface area (Å²) in [5, 5.41) is 4.46. The molecule has 4 aromatic heterocycles. The van der Waals surface area contributed by atoms with Crippen LogP contribution >= 0.6 is 0 Å². The molecule has 4 aromatic rings. The first-order chi connectivity index (χ1) is 14.2. The molecule has 6 heteroatoms. The van der Waals surface area contributed by atoms with Gasteiger partial charge >= 0.3 is 0 Å². The Morgan fingerprint density at radius 2 is 2.00 bits per heavy atom. The lowest BCUT2D eigenvalue weighted by Gasteiger charge is -2.20. The van der Waals surface area contributed by atoms with E-state index in [1.807, 2.05) is 18.3 Å². The monoisotopic (exact) mass is 387 g/mol. The maximum Gasteiger partial charge on any atom is 0.229 e. The molecule has 0 radical (unpaired) electrons. The zero-order chi connectivity index (χ0) is 19.8. The fourth-order valence-electron chi connectivity index (χ4n) is 4.31. The third-order valence-electron chi connectivity index (χ3n) is 5.59. The second-order valence-electron chi connectivity index (χ2n) is 8.22. The van der Waals surface area contributed by atoms with E-state index >= 15 is 0 Å². The van der Waals surface area contributed by atoms with Gasteiger partial charge in [-0.1, -0.05) is 19.9 Å². The van der Waals surface area contributed by atoms with Gasteiger partial charge in [-0.15, -0.1) is 0 Å². The summed E-state index contributed by atoms with van der Waals surface area (Å²) in [7, 11) is 0. The minimum absolute atomic E-state index is 0.562. The topological polar surface area (TPSA) is 76.7 Å². The van der Waals surface area contributed by atoms with E-state index in [9.17, 15) is 0 Å². The maximum absolute atomic E-state index is 6.25. The van der Waals surface area contributed by atoms with E-state index < -0.39 is 0 Å². The Labute approximate surface area is 169 Å². The molecule has 0 fully saturated rings. The van der Waals surface area contributed by atoms with E-state index in [4.69, 9.17) is 9.40 Å². The van der Waals surface area contributed by atoms with E-state index in [2.05, 4.69) is 34.1 Å². The van der Waals surface area contributed by atoms with Crippen molar-refractivity contribution in [3.8, 4) is 0 Å². The van der Waals surface area contributed by atoms with Crippen LogP contribution in [0.2, 0.25) is 0 Å². The molecule has 6 nitrogen and oxygen atoms in total. The van der Waals surface area contributed by atoms with Gasteiger partial charge in [0.05, 0.1) is 5.39 Å². The van der Waals surface area contributed by atoms with Crippen molar-refractivity contribution in [1.82, 2.24) is 19.9 Å². The molecule has 0 atom stereocenters. The quantitative estimate of drug-likeness (QED) is 0.527. The Morgan fingerprint density at radius 3 is 2.79 bits per heavy atom. The molecule has 29 heavy (non-hydrogen) atoms. The zero-order valence-electron chi connectivity index (χ0n) is 16.9. The number of nitrogens with one attached hydrogen (secondary N) is 1. The maximum atomic E-state index is 6.25. The van der Waals surface area contributed by atoms with Crippen LogP contribution in [0.15, 0.2) is 35.3 Å². The van der Waals surface area contributed by atoms with Crippen molar-refractivity contribution < 1.29 is 4.42 Å². The summed E-state index contributed by atoms with van der Waals surface area (Å²) in [5.41, 5.74) is 7.33. The van der Waals surface area contributed by atoms with Crippen LogP contribution in [0, 0.1) is 5.92 Å². The van der Waals surface area contributed by atoms with Crippen LogP contribution in [-0.2, 0) is 25.8 Å². The minimum Gasteiger partial charge on any atom is -0.432 e. The normalized spacial score (nSPS) is 13.9. The van der Waals surface area contributed by atoms with Gasteiger partial charge in [-0.25, -0.2) is 15.0 Å².